The van der Waals surface area contributed by atoms with Gasteiger partial charge >= 0.3 is 12.1 Å². The fraction of sp³-hybridized carbons (Fsp3) is 0.222. The average molecular weight is 544 g/mol. The minimum absolute atomic E-state index is 0.0228. The maximum Gasteiger partial charge on any atom is 0.490 e. The number of H-pyrrole nitrogens is 1. The molecule has 0 saturated carbocycles. The predicted octanol–water partition coefficient (Wildman–Crippen LogP) is 4.97. The Hall–Kier alpha value is -4.45. The Morgan fingerprint density at radius 3 is 2.54 bits per heavy atom. The number of rotatable bonds is 10. The minimum atomic E-state index is -5.03. The number of alkyl halides is 3. The molecule has 2 aromatic carbocycles. The lowest BCUT2D eigenvalue weighted by Gasteiger charge is -2.18. The summed E-state index contributed by atoms with van der Waals surface area (Å²) in [4.78, 5) is 30.6. The highest BCUT2D eigenvalue weighted by Gasteiger charge is 2.40. The van der Waals surface area contributed by atoms with Crippen LogP contribution in [-0.4, -0.2) is 41.2 Å². The molecule has 39 heavy (non-hydrogen) atoms. The monoisotopic (exact) mass is 543 g/mol. The number of hydrogen-bond acceptors (Lipinski definition) is 6. The van der Waals surface area contributed by atoms with E-state index in [1.54, 1.807) is 24.3 Å². The molecule has 0 atom stereocenters. The highest BCUT2D eigenvalue weighted by molar-refractivity contribution is 6.08. The molecular formula is C27H25F4N5O3. The van der Waals surface area contributed by atoms with Gasteiger partial charge in [0.05, 0.1) is 11.3 Å². The van der Waals surface area contributed by atoms with Crippen LogP contribution in [0.25, 0.3) is 22.3 Å². The second-order valence-corrected chi connectivity index (χ2v) is 8.60. The van der Waals surface area contributed by atoms with E-state index in [1.807, 2.05) is 19.1 Å². The van der Waals surface area contributed by atoms with Crippen molar-refractivity contribution in [2.24, 2.45) is 5.73 Å². The van der Waals surface area contributed by atoms with Crippen molar-refractivity contribution in [3.8, 4) is 11.3 Å². The summed E-state index contributed by atoms with van der Waals surface area (Å²) in [5.74, 6) is -3.28. The number of anilines is 2. The Morgan fingerprint density at radius 2 is 1.87 bits per heavy atom. The molecule has 2 aromatic heterocycles. The van der Waals surface area contributed by atoms with Crippen molar-refractivity contribution in [1.29, 1.82) is 0 Å². The maximum absolute atomic E-state index is 13.4. The first-order valence-corrected chi connectivity index (χ1v) is 12.0. The van der Waals surface area contributed by atoms with Crippen LogP contribution in [0.15, 0.2) is 54.7 Å². The summed E-state index contributed by atoms with van der Waals surface area (Å²) < 4.78 is 54.4. The number of hydrogen-bond donors (Lipinski definition) is 4. The number of nitrogens with zero attached hydrogens (tertiary/aromatic N) is 1. The van der Waals surface area contributed by atoms with Gasteiger partial charge in [0.1, 0.15) is 18.1 Å². The zero-order chi connectivity index (χ0) is 28.2. The third-order valence-electron chi connectivity index (χ3n) is 6.02. The molecule has 204 valence electrons. The molecule has 4 rings (SSSR count). The molecule has 0 aliphatic carbocycles. The van der Waals surface area contributed by atoms with E-state index < -0.39 is 24.7 Å². The van der Waals surface area contributed by atoms with Crippen LogP contribution in [0.5, 0.6) is 0 Å². The van der Waals surface area contributed by atoms with Gasteiger partial charge in [0.25, 0.3) is 5.91 Å². The summed E-state index contributed by atoms with van der Waals surface area (Å²) in [6.45, 7) is 1.83. The highest BCUT2D eigenvalue weighted by atomic mass is 19.4. The Labute approximate surface area is 220 Å². The van der Waals surface area contributed by atoms with Gasteiger partial charge in [-0.05, 0) is 59.5 Å². The molecule has 2 heterocycles. The van der Waals surface area contributed by atoms with E-state index in [9.17, 15) is 27.2 Å². The number of pyridine rings is 1. The predicted molar refractivity (Wildman–Crippen MR) is 138 cm³/mol. The number of carbonyl (C=O) groups is 2. The van der Waals surface area contributed by atoms with Crippen molar-refractivity contribution in [2.75, 3.05) is 18.5 Å². The summed E-state index contributed by atoms with van der Waals surface area (Å²) >= 11 is 0. The van der Waals surface area contributed by atoms with Gasteiger partial charge in [-0.1, -0.05) is 19.1 Å². The van der Waals surface area contributed by atoms with Crippen LogP contribution >= 0.6 is 0 Å². The van der Waals surface area contributed by atoms with Crippen LogP contribution in [0.2, 0.25) is 0 Å². The lowest BCUT2D eigenvalue weighted by molar-refractivity contribution is -0.199. The lowest BCUT2D eigenvalue weighted by atomic mass is 10.0. The second kappa shape index (κ2) is 11.5. The van der Waals surface area contributed by atoms with Crippen LogP contribution in [0, 0.1) is 5.82 Å². The first-order valence-electron chi connectivity index (χ1n) is 12.0. The Balaban J connectivity index is 1.59. The molecule has 0 radical (unpaired) electrons. The van der Waals surface area contributed by atoms with Gasteiger partial charge in [0.2, 0.25) is 0 Å². The number of carbonyl (C=O) groups excluding carboxylic acids is 2. The smallest absolute Gasteiger partial charge is 0.458 e. The number of fused-ring (bicyclic) bond motifs is 1. The topological polar surface area (TPSA) is 122 Å². The fourth-order valence-electron chi connectivity index (χ4n) is 4.17. The summed E-state index contributed by atoms with van der Waals surface area (Å²) in [5.41, 5.74) is 10.6. The maximum atomic E-state index is 13.4. The quantitative estimate of drug-likeness (QED) is 0.127. The van der Waals surface area contributed by atoms with Gasteiger partial charge in [0.15, 0.2) is 0 Å². The molecule has 0 fully saturated rings. The molecule has 0 aliphatic heterocycles. The molecule has 8 nitrogen and oxygen atoms in total. The first kappa shape index (κ1) is 27.6. The standard InChI is InChI=1S/C27H25F4N5O3/c1-2-18-16(13-33-10-11-39-26(38)27(29,30)31)4-3-5-21(18)35-23-19-12-22(15-6-8-17(28)9-7-15)36-25(19)34-14-20(23)24(32)37/h3-9,12,14,33H,2,10-11,13H2,1H3,(H2,32,37)(H2,34,35,36). The Bertz CT molecular complexity index is 1500. The van der Waals surface area contributed by atoms with Gasteiger partial charge in [0, 0.05) is 36.1 Å². The summed E-state index contributed by atoms with van der Waals surface area (Å²) in [6.07, 6.45) is -3.06. The Morgan fingerprint density at radius 1 is 1.13 bits per heavy atom. The average Bonchev–Trinajstić information content (AvgIpc) is 3.33. The molecular weight excluding hydrogens is 518 g/mol. The largest absolute Gasteiger partial charge is 0.490 e. The van der Waals surface area contributed by atoms with Gasteiger partial charge in [-0.15, -0.1) is 0 Å². The number of aromatic amines is 1. The van der Waals surface area contributed by atoms with Gasteiger partial charge in [-0.3, -0.25) is 4.79 Å². The normalized spacial score (nSPS) is 11.5. The van der Waals surface area contributed by atoms with Gasteiger partial charge in [-0.25, -0.2) is 14.2 Å². The van der Waals surface area contributed by atoms with E-state index in [0.29, 0.717) is 41.1 Å². The molecule has 1 amide bonds. The molecule has 12 heteroatoms. The van der Waals surface area contributed by atoms with Crippen molar-refractivity contribution in [1.82, 2.24) is 15.3 Å². The van der Waals surface area contributed by atoms with Crippen LogP contribution in [0.1, 0.15) is 28.4 Å². The number of nitrogens with one attached hydrogen (secondary N) is 3. The SMILES string of the molecule is CCc1c(CNCCOC(=O)C(F)(F)F)cccc1Nc1c(C(N)=O)cnc2[nH]c(-c3ccc(F)cc3)cc12. The number of aromatic nitrogens is 2. The number of nitrogens with two attached hydrogens (primary N) is 1. The van der Waals surface area contributed by atoms with E-state index in [1.165, 1.54) is 18.3 Å². The molecule has 0 bridgehead atoms. The van der Waals surface area contributed by atoms with E-state index in [0.717, 1.165) is 16.7 Å². The summed E-state index contributed by atoms with van der Waals surface area (Å²) in [5, 5.41) is 6.89. The molecule has 5 N–H and O–H groups in total. The van der Waals surface area contributed by atoms with E-state index >= 15 is 0 Å². The number of esters is 1. The van der Waals surface area contributed by atoms with Crippen molar-refractivity contribution >= 4 is 34.3 Å². The minimum Gasteiger partial charge on any atom is -0.458 e. The van der Waals surface area contributed by atoms with E-state index in [2.05, 4.69) is 25.3 Å². The highest BCUT2D eigenvalue weighted by Crippen LogP contribution is 2.34. The number of benzene rings is 2. The molecule has 0 saturated heterocycles. The zero-order valence-electron chi connectivity index (χ0n) is 20.8. The number of halogens is 4. The molecule has 0 aliphatic rings. The number of amides is 1. The van der Waals surface area contributed by atoms with Gasteiger partial charge < -0.3 is 26.1 Å². The summed E-state index contributed by atoms with van der Waals surface area (Å²) in [6, 6.07) is 13.2. The van der Waals surface area contributed by atoms with Crippen molar-refractivity contribution in [3.63, 3.8) is 0 Å². The van der Waals surface area contributed by atoms with Crippen molar-refractivity contribution in [3.05, 3.63) is 77.2 Å². The molecule has 4 aromatic rings. The molecule has 0 unspecified atom stereocenters. The second-order valence-electron chi connectivity index (χ2n) is 8.60. The third-order valence-corrected chi connectivity index (χ3v) is 6.02. The molecule has 0 spiro atoms. The van der Waals surface area contributed by atoms with Crippen LogP contribution in [0.4, 0.5) is 28.9 Å². The Kier molecular flexibility index (Phi) is 8.15. The fourth-order valence-corrected chi connectivity index (χ4v) is 4.17. The van der Waals surface area contributed by atoms with Crippen molar-refractivity contribution in [2.45, 2.75) is 26.1 Å². The van der Waals surface area contributed by atoms with Crippen LogP contribution in [-0.2, 0) is 22.5 Å². The lowest BCUT2D eigenvalue weighted by Crippen LogP contribution is -2.29. The van der Waals surface area contributed by atoms with Crippen molar-refractivity contribution < 1.29 is 31.9 Å². The zero-order valence-corrected chi connectivity index (χ0v) is 20.8. The number of ether oxygens (including phenoxy) is 1. The van der Waals surface area contributed by atoms with E-state index in [4.69, 9.17) is 5.73 Å². The number of primary amides is 1. The first-order chi connectivity index (χ1) is 18.6. The van der Waals surface area contributed by atoms with Crippen LogP contribution < -0.4 is 16.4 Å². The summed E-state index contributed by atoms with van der Waals surface area (Å²) in [7, 11) is 0. The van der Waals surface area contributed by atoms with Crippen LogP contribution in [0.3, 0.4) is 0 Å². The van der Waals surface area contributed by atoms with E-state index in [-0.39, 0.29) is 17.9 Å². The van der Waals surface area contributed by atoms with Gasteiger partial charge in [-0.2, -0.15) is 13.2 Å². The third kappa shape index (κ3) is 6.34.